The van der Waals surface area contributed by atoms with E-state index >= 15 is 0 Å². The lowest BCUT2D eigenvalue weighted by Crippen LogP contribution is -2.09. The largest absolute Gasteiger partial charge is 0.494 e. The molecule has 0 saturated carbocycles. The molecular weight excluding hydrogens is 257 g/mol. The Bertz CT molecular complexity index is 582. The van der Waals surface area contributed by atoms with Crippen LogP contribution in [-0.2, 0) is 0 Å². The van der Waals surface area contributed by atoms with Gasteiger partial charge in [0.1, 0.15) is 6.10 Å². The summed E-state index contributed by atoms with van der Waals surface area (Å²) >= 11 is 0. The van der Waals surface area contributed by atoms with E-state index in [1.54, 1.807) is 24.3 Å². The number of methoxy groups -OCH3 is 1. The van der Waals surface area contributed by atoms with E-state index in [1.807, 2.05) is 31.1 Å². The molecule has 0 radical (unpaired) electrons. The van der Waals surface area contributed by atoms with E-state index in [0.29, 0.717) is 5.56 Å². The van der Waals surface area contributed by atoms with Crippen molar-refractivity contribution in [3.8, 4) is 5.75 Å². The second-order valence-electron chi connectivity index (χ2n) is 4.75. The zero-order valence-corrected chi connectivity index (χ0v) is 11.8. The summed E-state index contributed by atoms with van der Waals surface area (Å²) in [5.41, 5.74) is 1.87. The van der Waals surface area contributed by atoms with Crippen molar-refractivity contribution in [3.63, 3.8) is 0 Å². The summed E-state index contributed by atoms with van der Waals surface area (Å²) in [4.78, 5) is 1.96. The molecule has 0 bridgehead atoms. The summed E-state index contributed by atoms with van der Waals surface area (Å²) in [6, 6.07) is 12.1. The number of aliphatic hydroxyl groups is 1. The molecule has 0 heterocycles. The number of rotatable bonds is 4. The van der Waals surface area contributed by atoms with Crippen molar-refractivity contribution in [2.24, 2.45) is 0 Å². The molecule has 2 rings (SSSR count). The Morgan fingerprint density at radius 2 is 1.75 bits per heavy atom. The van der Waals surface area contributed by atoms with Crippen LogP contribution in [-0.4, -0.2) is 26.3 Å². The molecule has 3 nitrogen and oxygen atoms in total. The molecule has 1 N–H and O–H groups in total. The Labute approximate surface area is 118 Å². The SMILES string of the molecule is COc1cccc(C(O)c2ccc(N(C)C)cc2)c1F. The maximum atomic E-state index is 14.1. The van der Waals surface area contributed by atoms with E-state index in [9.17, 15) is 9.50 Å². The number of ether oxygens (including phenoxy) is 1. The third kappa shape index (κ3) is 2.75. The average molecular weight is 275 g/mol. The van der Waals surface area contributed by atoms with Gasteiger partial charge in [-0.3, -0.25) is 0 Å². The number of hydrogen-bond donors (Lipinski definition) is 1. The van der Waals surface area contributed by atoms with Crippen molar-refractivity contribution in [2.45, 2.75) is 6.10 Å². The normalized spacial score (nSPS) is 12.1. The molecule has 4 heteroatoms. The van der Waals surface area contributed by atoms with E-state index < -0.39 is 11.9 Å². The molecule has 2 aromatic carbocycles. The van der Waals surface area contributed by atoms with E-state index in [4.69, 9.17) is 4.74 Å². The number of hydrogen-bond acceptors (Lipinski definition) is 3. The minimum atomic E-state index is -1.01. The van der Waals surface area contributed by atoms with E-state index in [1.165, 1.54) is 13.2 Å². The van der Waals surface area contributed by atoms with Crippen LogP contribution in [0.15, 0.2) is 42.5 Å². The van der Waals surface area contributed by atoms with Gasteiger partial charge in [-0.1, -0.05) is 24.3 Å². The quantitative estimate of drug-likeness (QED) is 0.931. The van der Waals surface area contributed by atoms with Crippen LogP contribution < -0.4 is 9.64 Å². The van der Waals surface area contributed by atoms with Gasteiger partial charge < -0.3 is 14.7 Å². The fraction of sp³-hybridized carbons (Fsp3) is 0.250. The van der Waals surface area contributed by atoms with Crippen LogP contribution in [0, 0.1) is 5.82 Å². The van der Waals surface area contributed by atoms with Gasteiger partial charge in [-0.05, 0) is 23.8 Å². The van der Waals surface area contributed by atoms with Gasteiger partial charge in [0, 0.05) is 25.3 Å². The predicted octanol–water partition coefficient (Wildman–Crippen LogP) is 2.98. The van der Waals surface area contributed by atoms with Crippen LogP contribution >= 0.6 is 0 Å². The molecule has 0 fully saturated rings. The van der Waals surface area contributed by atoms with Gasteiger partial charge in [-0.2, -0.15) is 0 Å². The highest BCUT2D eigenvalue weighted by Crippen LogP contribution is 2.29. The summed E-state index contributed by atoms with van der Waals surface area (Å²) in [6.07, 6.45) is -1.01. The third-order valence-corrected chi connectivity index (χ3v) is 3.23. The Balaban J connectivity index is 2.33. The zero-order chi connectivity index (χ0) is 14.7. The summed E-state index contributed by atoms with van der Waals surface area (Å²) < 4.78 is 19.1. The highest BCUT2D eigenvalue weighted by molar-refractivity contribution is 5.47. The van der Waals surface area contributed by atoms with Gasteiger partial charge in [0.05, 0.1) is 7.11 Å². The summed E-state index contributed by atoms with van der Waals surface area (Å²) in [5.74, 6) is -0.398. The third-order valence-electron chi connectivity index (χ3n) is 3.23. The first-order chi connectivity index (χ1) is 9.54. The number of benzene rings is 2. The number of nitrogens with zero attached hydrogens (tertiary/aromatic N) is 1. The Morgan fingerprint density at radius 3 is 2.30 bits per heavy atom. The molecule has 20 heavy (non-hydrogen) atoms. The van der Waals surface area contributed by atoms with Gasteiger partial charge in [-0.25, -0.2) is 4.39 Å². The minimum absolute atomic E-state index is 0.131. The van der Waals surface area contributed by atoms with Crippen molar-refractivity contribution in [3.05, 3.63) is 59.4 Å². The molecule has 0 aliphatic carbocycles. The molecule has 0 spiro atoms. The molecular formula is C16H18FNO2. The van der Waals surface area contributed by atoms with Gasteiger partial charge in [0.2, 0.25) is 0 Å². The topological polar surface area (TPSA) is 32.7 Å². The average Bonchev–Trinajstić information content (AvgIpc) is 2.47. The monoisotopic (exact) mass is 275 g/mol. The smallest absolute Gasteiger partial charge is 0.171 e. The summed E-state index contributed by atoms with van der Waals surface area (Å²) in [6.45, 7) is 0. The maximum absolute atomic E-state index is 14.1. The zero-order valence-electron chi connectivity index (χ0n) is 11.8. The molecule has 0 aliphatic heterocycles. The van der Waals surface area contributed by atoms with Crippen molar-refractivity contribution >= 4 is 5.69 Å². The first-order valence-electron chi connectivity index (χ1n) is 6.32. The molecule has 2 aromatic rings. The Morgan fingerprint density at radius 1 is 1.10 bits per heavy atom. The molecule has 0 aromatic heterocycles. The number of anilines is 1. The fourth-order valence-corrected chi connectivity index (χ4v) is 2.03. The van der Waals surface area contributed by atoms with Gasteiger partial charge in [0.25, 0.3) is 0 Å². The van der Waals surface area contributed by atoms with Crippen LogP contribution in [0.5, 0.6) is 5.75 Å². The molecule has 0 amide bonds. The van der Waals surface area contributed by atoms with Crippen molar-refractivity contribution in [1.82, 2.24) is 0 Å². The van der Waals surface area contributed by atoms with Crippen molar-refractivity contribution in [2.75, 3.05) is 26.1 Å². The first kappa shape index (κ1) is 14.3. The first-order valence-corrected chi connectivity index (χ1v) is 6.32. The van der Waals surface area contributed by atoms with Crippen molar-refractivity contribution in [1.29, 1.82) is 0 Å². The van der Waals surface area contributed by atoms with Crippen LogP contribution in [0.4, 0.5) is 10.1 Å². The van der Waals surface area contributed by atoms with E-state index in [-0.39, 0.29) is 11.3 Å². The minimum Gasteiger partial charge on any atom is -0.494 e. The number of aliphatic hydroxyl groups excluding tert-OH is 1. The number of halogens is 1. The van der Waals surface area contributed by atoms with Crippen LogP contribution in [0.25, 0.3) is 0 Å². The molecule has 0 saturated heterocycles. The lowest BCUT2D eigenvalue weighted by atomic mass is 10.0. The molecule has 1 unspecified atom stereocenters. The van der Waals surface area contributed by atoms with Crippen molar-refractivity contribution < 1.29 is 14.2 Å². The van der Waals surface area contributed by atoms with Gasteiger partial charge in [-0.15, -0.1) is 0 Å². The molecule has 0 aliphatic rings. The van der Waals surface area contributed by atoms with E-state index in [2.05, 4.69) is 0 Å². The van der Waals surface area contributed by atoms with Crippen LogP contribution in [0.2, 0.25) is 0 Å². The highest BCUT2D eigenvalue weighted by atomic mass is 19.1. The predicted molar refractivity (Wildman–Crippen MR) is 77.8 cm³/mol. The summed E-state index contributed by atoms with van der Waals surface area (Å²) in [5, 5.41) is 10.3. The Kier molecular flexibility index (Phi) is 4.25. The van der Waals surface area contributed by atoms with Gasteiger partial charge in [0.15, 0.2) is 11.6 Å². The standard InChI is InChI=1S/C16H18FNO2/c1-18(2)12-9-7-11(8-10-12)16(19)13-5-4-6-14(20-3)15(13)17/h4-10,16,19H,1-3H3. The lowest BCUT2D eigenvalue weighted by molar-refractivity contribution is 0.213. The second-order valence-corrected chi connectivity index (χ2v) is 4.75. The Hall–Kier alpha value is -2.07. The second kappa shape index (κ2) is 5.92. The molecule has 1 atom stereocenters. The fourth-order valence-electron chi connectivity index (χ4n) is 2.03. The van der Waals surface area contributed by atoms with Gasteiger partial charge >= 0.3 is 0 Å². The molecule has 106 valence electrons. The lowest BCUT2D eigenvalue weighted by Gasteiger charge is -2.16. The highest BCUT2D eigenvalue weighted by Gasteiger charge is 2.17. The summed E-state index contributed by atoms with van der Waals surface area (Å²) in [7, 11) is 5.28. The maximum Gasteiger partial charge on any atom is 0.171 e. The van der Waals surface area contributed by atoms with Crippen LogP contribution in [0.3, 0.4) is 0 Å². The van der Waals surface area contributed by atoms with Crippen LogP contribution in [0.1, 0.15) is 17.2 Å². The van der Waals surface area contributed by atoms with E-state index in [0.717, 1.165) is 5.69 Å².